The minimum absolute atomic E-state index is 0.0933. The number of hydrogen-bond acceptors (Lipinski definition) is 3. The smallest absolute Gasteiger partial charge is 0.251 e. The number of anilines is 1. The van der Waals surface area contributed by atoms with Gasteiger partial charge in [0, 0.05) is 24.7 Å². The number of amides is 3. The van der Waals surface area contributed by atoms with E-state index in [2.05, 4.69) is 16.0 Å². The summed E-state index contributed by atoms with van der Waals surface area (Å²) in [5, 5.41) is 7.81. The first-order valence-corrected chi connectivity index (χ1v) is 8.42. The summed E-state index contributed by atoms with van der Waals surface area (Å²) >= 11 is 0. The molecule has 0 aliphatic carbocycles. The number of carbonyl (C=O) groups excluding carboxylic acids is 3. The van der Waals surface area contributed by atoms with Gasteiger partial charge in [-0.2, -0.15) is 0 Å². The Balaban J connectivity index is 1.73. The SMILES string of the molecule is CNC(=O)c1ccc(NC(=O)CNC(=O)CCc2ccc(C)cc2)cc1. The maximum absolute atomic E-state index is 11.9. The molecule has 0 unspecified atom stereocenters. The molecule has 0 saturated heterocycles. The molecule has 0 fully saturated rings. The van der Waals surface area contributed by atoms with Crippen LogP contribution in [0.1, 0.15) is 27.9 Å². The zero-order valence-electron chi connectivity index (χ0n) is 15.0. The van der Waals surface area contributed by atoms with Crippen molar-refractivity contribution in [1.29, 1.82) is 0 Å². The van der Waals surface area contributed by atoms with Crippen LogP contribution in [-0.4, -0.2) is 31.3 Å². The van der Waals surface area contributed by atoms with E-state index in [0.717, 1.165) is 5.56 Å². The fourth-order valence-corrected chi connectivity index (χ4v) is 2.33. The molecule has 0 saturated carbocycles. The molecule has 0 bridgehead atoms. The Morgan fingerprint density at radius 3 is 2.15 bits per heavy atom. The van der Waals surface area contributed by atoms with E-state index in [1.54, 1.807) is 31.3 Å². The van der Waals surface area contributed by atoms with E-state index in [1.807, 2.05) is 31.2 Å². The first-order valence-electron chi connectivity index (χ1n) is 8.42. The molecule has 0 heterocycles. The number of benzene rings is 2. The summed E-state index contributed by atoms with van der Waals surface area (Å²) in [5.41, 5.74) is 3.34. The van der Waals surface area contributed by atoms with Crippen molar-refractivity contribution in [2.24, 2.45) is 0 Å². The van der Waals surface area contributed by atoms with Gasteiger partial charge in [-0.3, -0.25) is 14.4 Å². The van der Waals surface area contributed by atoms with Gasteiger partial charge in [0.05, 0.1) is 6.54 Å². The molecule has 2 rings (SSSR count). The summed E-state index contributed by atoms with van der Waals surface area (Å²) in [5.74, 6) is -0.680. The third-order valence-corrected chi connectivity index (χ3v) is 3.87. The van der Waals surface area contributed by atoms with Crippen LogP contribution in [0.3, 0.4) is 0 Å². The first kappa shape index (κ1) is 19.2. The Labute approximate surface area is 153 Å². The van der Waals surface area contributed by atoms with Crippen LogP contribution in [-0.2, 0) is 16.0 Å². The summed E-state index contributed by atoms with van der Waals surface area (Å²) in [7, 11) is 1.56. The zero-order valence-corrected chi connectivity index (χ0v) is 15.0. The molecule has 0 spiro atoms. The Morgan fingerprint density at radius 2 is 1.54 bits per heavy atom. The molecule has 0 radical (unpaired) electrons. The molecule has 6 heteroatoms. The molecule has 136 valence electrons. The second kappa shape index (κ2) is 9.36. The van der Waals surface area contributed by atoms with Crippen molar-refractivity contribution < 1.29 is 14.4 Å². The number of hydrogen-bond donors (Lipinski definition) is 3. The van der Waals surface area contributed by atoms with Crippen molar-refractivity contribution in [2.45, 2.75) is 19.8 Å². The predicted molar refractivity (Wildman–Crippen MR) is 101 cm³/mol. The lowest BCUT2D eigenvalue weighted by Crippen LogP contribution is -2.33. The van der Waals surface area contributed by atoms with Gasteiger partial charge in [0.25, 0.3) is 5.91 Å². The monoisotopic (exact) mass is 353 g/mol. The van der Waals surface area contributed by atoms with Gasteiger partial charge in [-0.15, -0.1) is 0 Å². The summed E-state index contributed by atoms with van der Waals surface area (Å²) in [6, 6.07) is 14.5. The highest BCUT2D eigenvalue weighted by molar-refractivity contribution is 5.96. The van der Waals surface area contributed by atoms with Crippen molar-refractivity contribution in [3.63, 3.8) is 0 Å². The number of aryl methyl sites for hydroxylation is 2. The Hall–Kier alpha value is -3.15. The van der Waals surface area contributed by atoms with E-state index in [0.29, 0.717) is 24.1 Å². The number of nitrogens with one attached hydrogen (secondary N) is 3. The van der Waals surface area contributed by atoms with E-state index in [4.69, 9.17) is 0 Å². The highest BCUT2D eigenvalue weighted by atomic mass is 16.2. The Bertz CT molecular complexity index is 768. The van der Waals surface area contributed by atoms with E-state index in [1.165, 1.54) is 5.56 Å². The van der Waals surface area contributed by atoms with Crippen LogP contribution in [0.15, 0.2) is 48.5 Å². The Kier molecular flexibility index (Phi) is 6.91. The van der Waals surface area contributed by atoms with Gasteiger partial charge in [-0.1, -0.05) is 29.8 Å². The van der Waals surface area contributed by atoms with Crippen molar-refractivity contribution in [2.75, 3.05) is 18.9 Å². The summed E-state index contributed by atoms with van der Waals surface area (Å²) < 4.78 is 0. The third kappa shape index (κ3) is 6.05. The van der Waals surface area contributed by atoms with Gasteiger partial charge < -0.3 is 16.0 Å². The average molecular weight is 353 g/mol. The third-order valence-electron chi connectivity index (χ3n) is 3.87. The van der Waals surface area contributed by atoms with Crippen LogP contribution in [0.5, 0.6) is 0 Å². The fourth-order valence-electron chi connectivity index (χ4n) is 2.33. The molecule has 0 aliphatic rings. The highest BCUT2D eigenvalue weighted by Crippen LogP contribution is 2.09. The fraction of sp³-hybridized carbons (Fsp3) is 0.250. The molecular formula is C20H23N3O3. The van der Waals surface area contributed by atoms with E-state index in [-0.39, 0.29) is 24.3 Å². The molecule has 2 aromatic carbocycles. The van der Waals surface area contributed by atoms with Crippen LogP contribution in [0.2, 0.25) is 0 Å². The maximum Gasteiger partial charge on any atom is 0.251 e. The molecule has 26 heavy (non-hydrogen) atoms. The molecule has 3 amide bonds. The van der Waals surface area contributed by atoms with Gasteiger partial charge in [0.1, 0.15) is 0 Å². The number of rotatable bonds is 7. The van der Waals surface area contributed by atoms with E-state index < -0.39 is 0 Å². The van der Waals surface area contributed by atoms with Crippen molar-refractivity contribution in [3.8, 4) is 0 Å². The average Bonchev–Trinajstić information content (AvgIpc) is 2.66. The first-order chi connectivity index (χ1) is 12.5. The quantitative estimate of drug-likeness (QED) is 0.712. The van der Waals surface area contributed by atoms with Crippen LogP contribution in [0.4, 0.5) is 5.69 Å². The maximum atomic E-state index is 11.9. The van der Waals surface area contributed by atoms with Crippen LogP contribution < -0.4 is 16.0 Å². The largest absolute Gasteiger partial charge is 0.355 e. The Morgan fingerprint density at radius 1 is 0.885 bits per heavy atom. The van der Waals surface area contributed by atoms with Gasteiger partial charge in [-0.05, 0) is 43.2 Å². The molecule has 6 nitrogen and oxygen atoms in total. The van der Waals surface area contributed by atoms with E-state index >= 15 is 0 Å². The summed E-state index contributed by atoms with van der Waals surface area (Å²) in [6.07, 6.45) is 0.964. The molecule has 0 atom stereocenters. The molecule has 2 aromatic rings. The summed E-state index contributed by atoms with van der Waals surface area (Å²) in [4.78, 5) is 35.2. The normalized spacial score (nSPS) is 10.1. The number of carbonyl (C=O) groups is 3. The van der Waals surface area contributed by atoms with Crippen LogP contribution in [0, 0.1) is 6.92 Å². The van der Waals surface area contributed by atoms with Gasteiger partial charge in [0.2, 0.25) is 11.8 Å². The van der Waals surface area contributed by atoms with Crippen molar-refractivity contribution in [3.05, 3.63) is 65.2 Å². The van der Waals surface area contributed by atoms with Crippen LogP contribution in [0.25, 0.3) is 0 Å². The topological polar surface area (TPSA) is 87.3 Å². The lowest BCUT2D eigenvalue weighted by molar-refractivity contribution is -0.124. The molecule has 3 N–H and O–H groups in total. The lowest BCUT2D eigenvalue weighted by atomic mass is 10.1. The van der Waals surface area contributed by atoms with Gasteiger partial charge in [-0.25, -0.2) is 0 Å². The lowest BCUT2D eigenvalue weighted by Gasteiger charge is -2.08. The molecule has 0 aliphatic heterocycles. The minimum Gasteiger partial charge on any atom is -0.355 e. The van der Waals surface area contributed by atoms with E-state index in [9.17, 15) is 14.4 Å². The predicted octanol–water partition coefficient (Wildman–Crippen LogP) is 2.04. The second-order valence-corrected chi connectivity index (χ2v) is 5.97. The highest BCUT2D eigenvalue weighted by Gasteiger charge is 2.07. The second-order valence-electron chi connectivity index (χ2n) is 5.97. The standard InChI is InChI=1S/C20H23N3O3/c1-14-3-5-15(6-4-14)7-12-18(24)22-13-19(25)23-17-10-8-16(9-11-17)20(26)21-2/h3-6,8-11H,7,12-13H2,1-2H3,(H,21,26)(H,22,24)(H,23,25). The van der Waals surface area contributed by atoms with Crippen LogP contribution >= 0.6 is 0 Å². The zero-order chi connectivity index (χ0) is 18.9. The molecular weight excluding hydrogens is 330 g/mol. The minimum atomic E-state index is -0.318. The van der Waals surface area contributed by atoms with Gasteiger partial charge >= 0.3 is 0 Å². The van der Waals surface area contributed by atoms with Crippen molar-refractivity contribution in [1.82, 2.24) is 10.6 Å². The molecule has 0 aromatic heterocycles. The summed E-state index contributed by atoms with van der Waals surface area (Å²) in [6.45, 7) is 1.92. The van der Waals surface area contributed by atoms with Crippen molar-refractivity contribution >= 4 is 23.4 Å². The van der Waals surface area contributed by atoms with Gasteiger partial charge in [0.15, 0.2) is 0 Å².